The highest BCUT2D eigenvalue weighted by Crippen LogP contribution is 2.25. The van der Waals surface area contributed by atoms with Gasteiger partial charge in [-0.1, -0.05) is 19.1 Å². The van der Waals surface area contributed by atoms with Gasteiger partial charge in [0, 0.05) is 17.7 Å². The Morgan fingerprint density at radius 3 is 2.16 bits per heavy atom. The third kappa shape index (κ3) is 5.35. The Morgan fingerprint density at radius 2 is 1.56 bits per heavy atom. The summed E-state index contributed by atoms with van der Waals surface area (Å²) in [6.07, 6.45) is 0.892. The minimum absolute atomic E-state index is 0.0129. The second kappa shape index (κ2) is 8.87. The lowest BCUT2D eigenvalue weighted by molar-refractivity contribution is 0.0951. The summed E-state index contributed by atoms with van der Waals surface area (Å²) in [6, 6.07) is 13.9. The van der Waals surface area contributed by atoms with Gasteiger partial charge in [-0.15, -0.1) is 0 Å². The van der Waals surface area contributed by atoms with E-state index >= 15 is 0 Å². The smallest absolute Gasteiger partial charge is 0.255 e. The van der Waals surface area contributed by atoms with Crippen molar-refractivity contribution in [3.05, 3.63) is 59.7 Å². The molecular weight excluding hydrogens is 316 g/mol. The molecule has 0 unspecified atom stereocenters. The first-order valence-electron chi connectivity index (χ1n) is 8.46. The van der Waals surface area contributed by atoms with E-state index in [1.54, 1.807) is 30.3 Å². The van der Waals surface area contributed by atoms with Gasteiger partial charge in [0.25, 0.3) is 11.8 Å². The molecule has 0 bridgehead atoms. The van der Waals surface area contributed by atoms with Crippen LogP contribution in [0.3, 0.4) is 0 Å². The number of ether oxygens (including phenoxy) is 1. The van der Waals surface area contributed by atoms with Crippen LogP contribution < -0.4 is 15.4 Å². The van der Waals surface area contributed by atoms with Gasteiger partial charge in [0.05, 0.1) is 11.8 Å². The van der Waals surface area contributed by atoms with Crippen LogP contribution >= 0.6 is 0 Å². The number of carbonyl (C=O) groups is 2. The summed E-state index contributed by atoms with van der Waals surface area (Å²) >= 11 is 0. The van der Waals surface area contributed by atoms with E-state index in [1.807, 2.05) is 39.0 Å². The van der Waals surface area contributed by atoms with Crippen molar-refractivity contribution in [3.8, 4) is 5.75 Å². The average Bonchev–Trinajstić information content (AvgIpc) is 2.61. The molecule has 2 aromatic rings. The number of rotatable bonds is 7. The van der Waals surface area contributed by atoms with E-state index < -0.39 is 0 Å². The van der Waals surface area contributed by atoms with Crippen molar-refractivity contribution in [1.29, 1.82) is 0 Å². The molecule has 2 aromatic carbocycles. The molecule has 0 aromatic heterocycles. The quantitative estimate of drug-likeness (QED) is 0.804. The van der Waals surface area contributed by atoms with Gasteiger partial charge in [0.1, 0.15) is 5.75 Å². The first-order chi connectivity index (χ1) is 12.0. The summed E-state index contributed by atoms with van der Waals surface area (Å²) in [6.45, 7) is 6.49. The molecule has 0 heterocycles. The number of amides is 2. The summed E-state index contributed by atoms with van der Waals surface area (Å²) in [7, 11) is 0. The van der Waals surface area contributed by atoms with Crippen molar-refractivity contribution in [1.82, 2.24) is 5.32 Å². The predicted octanol–water partition coefficient (Wildman–Crippen LogP) is 3.87. The molecule has 5 heteroatoms. The van der Waals surface area contributed by atoms with Crippen molar-refractivity contribution < 1.29 is 14.3 Å². The fourth-order valence-corrected chi connectivity index (χ4v) is 2.23. The van der Waals surface area contributed by atoms with Crippen LogP contribution in [0.25, 0.3) is 0 Å². The van der Waals surface area contributed by atoms with Crippen LogP contribution in [0.1, 0.15) is 47.9 Å². The summed E-state index contributed by atoms with van der Waals surface area (Å²) in [5.41, 5.74) is 1.63. The van der Waals surface area contributed by atoms with Gasteiger partial charge in [-0.05, 0) is 56.7 Å². The van der Waals surface area contributed by atoms with Crippen LogP contribution in [0.4, 0.5) is 5.69 Å². The van der Waals surface area contributed by atoms with Gasteiger partial charge < -0.3 is 15.4 Å². The average molecular weight is 340 g/mol. The molecule has 2 amide bonds. The monoisotopic (exact) mass is 340 g/mol. The van der Waals surface area contributed by atoms with Crippen LogP contribution in [-0.2, 0) is 0 Å². The number of para-hydroxylation sites is 2. The van der Waals surface area contributed by atoms with Gasteiger partial charge in [-0.2, -0.15) is 0 Å². The molecule has 0 aliphatic heterocycles. The first kappa shape index (κ1) is 18.5. The van der Waals surface area contributed by atoms with Crippen LogP contribution in [0.5, 0.6) is 5.75 Å². The number of carbonyl (C=O) groups excluding carboxylic acids is 2. The van der Waals surface area contributed by atoms with E-state index in [2.05, 4.69) is 10.6 Å². The number of anilines is 1. The third-order valence-electron chi connectivity index (χ3n) is 3.44. The maximum Gasteiger partial charge on any atom is 0.255 e. The Balaban J connectivity index is 2.08. The Kier molecular flexibility index (Phi) is 6.57. The van der Waals surface area contributed by atoms with E-state index in [1.165, 1.54) is 0 Å². The highest BCUT2D eigenvalue weighted by Gasteiger charge is 2.12. The summed E-state index contributed by atoms with van der Waals surface area (Å²) in [5, 5.41) is 5.66. The lowest BCUT2D eigenvalue weighted by Crippen LogP contribution is -2.24. The second-order valence-electron chi connectivity index (χ2n) is 5.95. The molecule has 0 saturated heterocycles. The lowest BCUT2D eigenvalue weighted by Gasteiger charge is -2.14. The molecular formula is C20H24N2O3. The van der Waals surface area contributed by atoms with E-state index in [9.17, 15) is 9.59 Å². The summed E-state index contributed by atoms with van der Waals surface area (Å²) in [4.78, 5) is 24.3. The van der Waals surface area contributed by atoms with Gasteiger partial charge in [0.15, 0.2) is 0 Å². The Hall–Kier alpha value is -2.82. The number of hydrogen-bond acceptors (Lipinski definition) is 3. The van der Waals surface area contributed by atoms with Crippen molar-refractivity contribution in [2.75, 3.05) is 11.9 Å². The highest BCUT2D eigenvalue weighted by molar-refractivity contribution is 6.05. The molecule has 132 valence electrons. The summed E-state index contributed by atoms with van der Waals surface area (Å²) < 4.78 is 5.70. The molecule has 2 rings (SSSR count). The molecule has 0 saturated carbocycles. The van der Waals surface area contributed by atoms with Crippen molar-refractivity contribution in [2.45, 2.75) is 33.3 Å². The molecule has 0 spiro atoms. The Bertz CT molecular complexity index is 724. The predicted molar refractivity (Wildman–Crippen MR) is 99.2 cm³/mol. The molecule has 0 atom stereocenters. The fourth-order valence-electron chi connectivity index (χ4n) is 2.23. The van der Waals surface area contributed by atoms with E-state index in [-0.39, 0.29) is 17.9 Å². The highest BCUT2D eigenvalue weighted by atomic mass is 16.5. The van der Waals surface area contributed by atoms with Gasteiger partial charge in [-0.3, -0.25) is 9.59 Å². The van der Waals surface area contributed by atoms with Crippen molar-refractivity contribution in [2.24, 2.45) is 0 Å². The van der Waals surface area contributed by atoms with Crippen molar-refractivity contribution in [3.63, 3.8) is 0 Å². The zero-order valence-electron chi connectivity index (χ0n) is 14.8. The topological polar surface area (TPSA) is 67.4 Å². The normalized spacial score (nSPS) is 10.4. The maximum atomic E-state index is 12.4. The molecule has 0 radical (unpaired) electrons. The largest absolute Gasteiger partial charge is 0.489 e. The van der Waals surface area contributed by atoms with E-state index in [0.717, 1.165) is 6.42 Å². The van der Waals surface area contributed by atoms with Gasteiger partial charge >= 0.3 is 0 Å². The van der Waals surface area contributed by atoms with Gasteiger partial charge in [0.2, 0.25) is 0 Å². The molecule has 2 N–H and O–H groups in total. The second-order valence-corrected chi connectivity index (χ2v) is 5.95. The Morgan fingerprint density at radius 1 is 0.960 bits per heavy atom. The zero-order valence-corrected chi connectivity index (χ0v) is 14.8. The molecule has 0 aliphatic rings. The summed E-state index contributed by atoms with van der Waals surface area (Å²) in [5.74, 6) is 0.242. The number of benzene rings is 2. The SMILES string of the molecule is CCCNC(=O)c1ccc(C(=O)Nc2ccccc2OC(C)C)cc1. The number of hydrogen-bond donors (Lipinski definition) is 2. The minimum atomic E-state index is -0.250. The standard InChI is InChI=1S/C20H24N2O3/c1-4-13-21-19(23)15-9-11-16(12-10-15)20(24)22-17-7-5-6-8-18(17)25-14(2)3/h5-12,14H,4,13H2,1-3H3,(H,21,23)(H,22,24). The van der Waals surface area contributed by atoms with Gasteiger partial charge in [-0.25, -0.2) is 0 Å². The van der Waals surface area contributed by atoms with Crippen LogP contribution in [-0.4, -0.2) is 24.5 Å². The molecule has 0 aliphatic carbocycles. The lowest BCUT2D eigenvalue weighted by atomic mass is 10.1. The van der Waals surface area contributed by atoms with E-state index in [0.29, 0.717) is 29.1 Å². The first-order valence-corrected chi connectivity index (χ1v) is 8.46. The Labute approximate surface area is 148 Å². The van der Waals surface area contributed by atoms with Crippen molar-refractivity contribution >= 4 is 17.5 Å². The van der Waals surface area contributed by atoms with Crippen LogP contribution in [0.2, 0.25) is 0 Å². The molecule has 0 fully saturated rings. The molecule has 5 nitrogen and oxygen atoms in total. The maximum absolute atomic E-state index is 12.4. The fraction of sp³-hybridized carbons (Fsp3) is 0.300. The zero-order chi connectivity index (χ0) is 18.2. The van der Waals surface area contributed by atoms with Crippen LogP contribution in [0.15, 0.2) is 48.5 Å². The minimum Gasteiger partial charge on any atom is -0.489 e. The third-order valence-corrected chi connectivity index (χ3v) is 3.44. The van der Waals surface area contributed by atoms with Crippen LogP contribution in [0, 0.1) is 0 Å². The van der Waals surface area contributed by atoms with E-state index in [4.69, 9.17) is 4.74 Å². The number of nitrogens with one attached hydrogen (secondary N) is 2. The molecule has 25 heavy (non-hydrogen) atoms.